The molecule has 0 fully saturated rings. The molecule has 0 heterocycles. The van der Waals surface area contributed by atoms with Crippen molar-refractivity contribution < 1.29 is 14.0 Å². The first-order chi connectivity index (χ1) is 10.7. The predicted molar refractivity (Wildman–Crippen MR) is 106 cm³/mol. The second-order valence-electron chi connectivity index (χ2n) is 9.29. The molecular weight excluding hydrogens is 332 g/mol. The molecule has 136 valence electrons. The molecule has 3 nitrogen and oxygen atoms in total. The van der Waals surface area contributed by atoms with E-state index in [0.29, 0.717) is 12.0 Å². The minimum atomic E-state index is -2.00. The molecule has 1 aliphatic carbocycles. The summed E-state index contributed by atoms with van der Waals surface area (Å²) in [6.07, 6.45) is 4.16. The van der Waals surface area contributed by atoms with Gasteiger partial charge in [0.05, 0.1) is 7.11 Å². The van der Waals surface area contributed by atoms with Crippen LogP contribution in [-0.4, -0.2) is 35.1 Å². The number of ether oxygens (including phenoxy) is 1. The molecule has 0 saturated carbocycles. The van der Waals surface area contributed by atoms with Crippen LogP contribution in [0, 0.1) is 11.5 Å². The molecule has 0 aliphatic heterocycles. The Bertz CT molecular complexity index is 568. The average Bonchev–Trinajstić information content (AvgIpc) is 2.42. The normalized spacial score (nSPS) is 22.3. The summed E-state index contributed by atoms with van der Waals surface area (Å²) in [5.74, 6) is 3.23. The van der Waals surface area contributed by atoms with E-state index >= 15 is 0 Å². The highest BCUT2D eigenvalue weighted by atomic mass is 28.4. The topological polar surface area (TPSA) is 35.5 Å². The van der Waals surface area contributed by atoms with Gasteiger partial charge in [-0.05, 0) is 31.0 Å². The average molecular weight is 367 g/mol. The van der Waals surface area contributed by atoms with Crippen molar-refractivity contribution in [1.29, 1.82) is 0 Å². The van der Waals surface area contributed by atoms with E-state index in [1.165, 1.54) is 7.11 Å². The highest BCUT2D eigenvalue weighted by Crippen LogP contribution is 2.43. The fourth-order valence-electron chi connectivity index (χ4n) is 2.40. The SMILES string of the molecule is COC(=O)C1=CCCC(C#C[Si](C)(C)C)(O[Si](C)(C)C(C)(C)C)C1. The molecule has 0 bridgehead atoms. The molecule has 0 aromatic carbocycles. The van der Waals surface area contributed by atoms with Gasteiger partial charge in [0.2, 0.25) is 0 Å². The summed E-state index contributed by atoms with van der Waals surface area (Å²) in [5.41, 5.74) is 3.64. The molecule has 1 atom stereocenters. The Hall–Kier alpha value is -0.836. The van der Waals surface area contributed by atoms with Crippen molar-refractivity contribution in [3.63, 3.8) is 0 Å². The maximum absolute atomic E-state index is 12.0. The van der Waals surface area contributed by atoms with Crippen LogP contribution in [0.4, 0.5) is 0 Å². The Kier molecular flexibility index (Phi) is 6.35. The fraction of sp³-hybridized carbons (Fsp3) is 0.737. The molecule has 0 amide bonds. The van der Waals surface area contributed by atoms with Crippen LogP contribution in [0.15, 0.2) is 11.6 Å². The summed E-state index contributed by atoms with van der Waals surface area (Å²) in [6, 6.07) is 0. The van der Waals surface area contributed by atoms with Crippen LogP contribution in [-0.2, 0) is 14.0 Å². The first kappa shape index (κ1) is 21.2. The molecule has 0 radical (unpaired) electrons. The maximum atomic E-state index is 12.0. The van der Waals surface area contributed by atoms with Gasteiger partial charge >= 0.3 is 5.97 Å². The Balaban J connectivity index is 3.26. The van der Waals surface area contributed by atoms with Crippen molar-refractivity contribution in [2.75, 3.05) is 7.11 Å². The van der Waals surface area contributed by atoms with E-state index < -0.39 is 22.0 Å². The van der Waals surface area contributed by atoms with Gasteiger partial charge in [0.25, 0.3) is 0 Å². The van der Waals surface area contributed by atoms with Gasteiger partial charge in [0.1, 0.15) is 13.7 Å². The van der Waals surface area contributed by atoms with Gasteiger partial charge in [-0.3, -0.25) is 0 Å². The molecule has 5 heteroatoms. The van der Waals surface area contributed by atoms with Crippen molar-refractivity contribution in [2.24, 2.45) is 0 Å². The number of methoxy groups -OCH3 is 1. The zero-order chi connectivity index (χ0) is 18.8. The molecule has 24 heavy (non-hydrogen) atoms. The van der Waals surface area contributed by atoms with Crippen molar-refractivity contribution in [2.45, 2.75) is 83.4 Å². The second kappa shape index (κ2) is 7.19. The lowest BCUT2D eigenvalue weighted by molar-refractivity contribution is -0.136. The number of rotatable bonds is 3. The summed E-state index contributed by atoms with van der Waals surface area (Å²) in [7, 11) is -2.10. The summed E-state index contributed by atoms with van der Waals surface area (Å²) < 4.78 is 11.7. The van der Waals surface area contributed by atoms with E-state index in [0.717, 1.165) is 12.8 Å². The molecule has 1 aliphatic rings. The molecule has 0 aromatic heterocycles. The number of carbonyl (C=O) groups excluding carboxylic acids is 1. The zero-order valence-corrected chi connectivity index (χ0v) is 18.9. The molecule has 0 saturated heterocycles. The van der Waals surface area contributed by atoms with Gasteiger partial charge in [-0.15, -0.1) is 5.54 Å². The van der Waals surface area contributed by atoms with Crippen LogP contribution >= 0.6 is 0 Å². The lowest BCUT2D eigenvalue weighted by Gasteiger charge is -2.45. The number of hydrogen-bond donors (Lipinski definition) is 0. The van der Waals surface area contributed by atoms with Crippen molar-refractivity contribution in [3.8, 4) is 11.5 Å². The van der Waals surface area contributed by atoms with Gasteiger partial charge in [0.15, 0.2) is 8.32 Å². The second-order valence-corrected chi connectivity index (χ2v) is 18.8. The molecule has 1 unspecified atom stereocenters. The third kappa shape index (κ3) is 5.61. The Morgan fingerprint density at radius 2 is 1.79 bits per heavy atom. The first-order valence-electron chi connectivity index (χ1n) is 8.73. The zero-order valence-electron chi connectivity index (χ0n) is 16.9. The van der Waals surface area contributed by atoms with Crippen LogP contribution in [0.5, 0.6) is 0 Å². The quantitative estimate of drug-likeness (QED) is 0.404. The van der Waals surface area contributed by atoms with Gasteiger partial charge in [-0.25, -0.2) is 4.79 Å². The number of carbonyl (C=O) groups is 1. The standard InChI is InChI=1S/C19H34O3Si2/c1-18(2,3)24(8,9)22-19(13-14-23(5,6)7)12-10-11-16(15-19)17(20)21-4/h11H,10,12,15H2,1-9H3. The number of hydrogen-bond acceptors (Lipinski definition) is 3. The minimum absolute atomic E-state index is 0.105. The maximum Gasteiger partial charge on any atom is 0.333 e. The number of allylic oxidation sites excluding steroid dienone is 1. The Morgan fingerprint density at radius 1 is 1.21 bits per heavy atom. The summed E-state index contributed by atoms with van der Waals surface area (Å²) in [6.45, 7) is 17.9. The minimum Gasteiger partial charge on any atom is -0.466 e. The summed E-state index contributed by atoms with van der Waals surface area (Å²) >= 11 is 0. The van der Waals surface area contributed by atoms with Crippen LogP contribution in [0.1, 0.15) is 40.0 Å². The van der Waals surface area contributed by atoms with Crippen LogP contribution in [0.2, 0.25) is 37.8 Å². The Labute approximate surface area is 150 Å². The van der Waals surface area contributed by atoms with E-state index in [1.807, 2.05) is 6.08 Å². The van der Waals surface area contributed by atoms with Crippen molar-refractivity contribution >= 4 is 22.4 Å². The van der Waals surface area contributed by atoms with Crippen LogP contribution in [0.3, 0.4) is 0 Å². The van der Waals surface area contributed by atoms with Gasteiger partial charge in [-0.1, -0.05) is 52.4 Å². The van der Waals surface area contributed by atoms with Gasteiger partial charge < -0.3 is 9.16 Å². The van der Waals surface area contributed by atoms with E-state index in [2.05, 4.69) is 65.0 Å². The first-order valence-corrected chi connectivity index (χ1v) is 15.1. The number of esters is 1. The van der Waals surface area contributed by atoms with E-state index in [1.54, 1.807) is 0 Å². The lowest BCUT2D eigenvalue weighted by atomic mass is 9.85. The third-order valence-electron chi connectivity index (χ3n) is 4.78. The Morgan fingerprint density at radius 3 is 2.25 bits per heavy atom. The van der Waals surface area contributed by atoms with E-state index in [-0.39, 0.29) is 11.0 Å². The molecular formula is C19H34O3Si2. The van der Waals surface area contributed by atoms with E-state index in [4.69, 9.17) is 9.16 Å². The van der Waals surface area contributed by atoms with Crippen molar-refractivity contribution in [1.82, 2.24) is 0 Å². The van der Waals surface area contributed by atoms with Crippen LogP contribution in [0.25, 0.3) is 0 Å². The molecule has 0 spiro atoms. The highest BCUT2D eigenvalue weighted by molar-refractivity contribution is 6.83. The van der Waals surface area contributed by atoms with Gasteiger partial charge in [-0.2, -0.15) is 0 Å². The fourth-order valence-corrected chi connectivity index (χ4v) is 4.51. The summed E-state index contributed by atoms with van der Waals surface area (Å²) in [4.78, 5) is 12.0. The highest BCUT2D eigenvalue weighted by Gasteiger charge is 2.46. The monoisotopic (exact) mass is 366 g/mol. The molecule has 1 rings (SSSR count). The third-order valence-corrected chi connectivity index (χ3v) is 10.2. The van der Waals surface area contributed by atoms with Crippen LogP contribution < -0.4 is 0 Å². The van der Waals surface area contributed by atoms with Gasteiger partial charge in [0, 0.05) is 12.0 Å². The molecule has 0 aromatic rings. The predicted octanol–water partition coefficient (Wildman–Crippen LogP) is 4.91. The molecule has 0 N–H and O–H groups in total. The lowest BCUT2D eigenvalue weighted by Crippen LogP contribution is -2.50. The van der Waals surface area contributed by atoms with E-state index in [9.17, 15) is 4.79 Å². The van der Waals surface area contributed by atoms with Crippen molar-refractivity contribution in [3.05, 3.63) is 11.6 Å². The largest absolute Gasteiger partial charge is 0.466 e. The summed E-state index contributed by atoms with van der Waals surface area (Å²) in [5, 5.41) is 0.105. The smallest absolute Gasteiger partial charge is 0.333 e.